The first-order valence-corrected chi connectivity index (χ1v) is 5.98. The minimum absolute atomic E-state index is 0.187. The lowest BCUT2D eigenvalue weighted by molar-refractivity contribution is -0.219. The zero-order valence-electron chi connectivity index (χ0n) is 9.80. The van der Waals surface area contributed by atoms with Gasteiger partial charge in [0.05, 0.1) is 18.8 Å². The van der Waals surface area contributed by atoms with Crippen molar-refractivity contribution in [2.45, 2.75) is 56.1 Å². The Bertz CT molecular complexity index is 310. The lowest BCUT2D eigenvalue weighted by Gasteiger charge is -2.44. The van der Waals surface area contributed by atoms with Gasteiger partial charge in [-0.1, -0.05) is 6.92 Å². The number of rotatable bonds is 3. The Labute approximate surface area is 99.6 Å². The second-order valence-corrected chi connectivity index (χ2v) is 4.80. The van der Waals surface area contributed by atoms with Crippen LogP contribution in [-0.4, -0.2) is 57.8 Å². The first-order chi connectivity index (χ1) is 8.04. The summed E-state index contributed by atoms with van der Waals surface area (Å²) in [6.07, 6.45) is -1.19. The third kappa shape index (κ3) is 1.95. The highest BCUT2D eigenvalue weighted by molar-refractivity contribution is 5.76. The Balaban J connectivity index is 2.14. The number of aliphatic hydroxyl groups excluding tert-OH is 3. The number of carbonyl (C=O) groups excluding carboxylic acids is 1. The second-order valence-electron chi connectivity index (χ2n) is 4.80. The van der Waals surface area contributed by atoms with E-state index in [2.05, 4.69) is 5.32 Å². The third-order valence-electron chi connectivity index (χ3n) is 3.79. The summed E-state index contributed by atoms with van der Waals surface area (Å²) in [6.45, 7) is 1.39. The van der Waals surface area contributed by atoms with E-state index in [9.17, 15) is 20.1 Å². The maximum atomic E-state index is 11.3. The molecule has 0 saturated carbocycles. The van der Waals surface area contributed by atoms with E-state index < -0.39 is 23.9 Å². The van der Waals surface area contributed by atoms with Crippen molar-refractivity contribution in [2.24, 2.45) is 0 Å². The average molecular weight is 245 g/mol. The summed E-state index contributed by atoms with van der Waals surface area (Å²) in [5.41, 5.74) is -1.06. The summed E-state index contributed by atoms with van der Waals surface area (Å²) < 4.78 is 5.60. The molecule has 0 aromatic carbocycles. The molecule has 1 amide bonds. The summed E-state index contributed by atoms with van der Waals surface area (Å²) >= 11 is 0. The highest BCUT2D eigenvalue weighted by atomic mass is 16.6. The van der Waals surface area contributed by atoms with Gasteiger partial charge in [-0.05, 0) is 12.8 Å². The van der Waals surface area contributed by atoms with Crippen molar-refractivity contribution >= 4 is 5.91 Å². The van der Waals surface area contributed by atoms with Crippen molar-refractivity contribution in [2.75, 3.05) is 6.61 Å². The van der Waals surface area contributed by atoms with Crippen molar-refractivity contribution in [1.29, 1.82) is 0 Å². The molecule has 0 aromatic rings. The van der Waals surface area contributed by atoms with Gasteiger partial charge in [0.15, 0.2) is 0 Å². The third-order valence-corrected chi connectivity index (χ3v) is 3.79. The van der Waals surface area contributed by atoms with Crippen LogP contribution in [0, 0.1) is 0 Å². The van der Waals surface area contributed by atoms with Gasteiger partial charge in [0.2, 0.25) is 5.91 Å². The zero-order chi connectivity index (χ0) is 12.6. The Kier molecular flexibility index (Phi) is 3.40. The van der Waals surface area contributed by atoms with Gasteiger partial charge >= 0.3 is 0 Å². The van der Waals surface area contributed by atoms with E-state index in [0.717, 1.165) is 0 Å². The molecule has 0 aromatic heterocycles. The number of amides is 1. The van der Waals surface area contributed by atoms with E-state index in [-0.39, 0.29) is 18.6 Å². The van der Waals surface area contributed by atoms with Gasteiger partial charge in [-0.15, -0.1) is 0 Å². The Morgan fingerprint density at radius 2 is 2.24 bits per heavy atom. The molecule has 2 heterocycles. The molecule has 0 radical (unpaired) electrons. The molecule has 2 bridgehead atoms. The number of carbonyl (C=O) groups is 1. The molecule has 2 rings (SSSR count). The molecule has 2 aliphatic heterocycles. The first-order valence-electron chi connectivity index (χ1n) is 5.98. The quantitative estimate of drug-likeness (QED) is 0.486. The van der Waals surface area contributed by atoms with Gasteiger partial charge in [-0.3, -0.25) is 4.79 Å². The van der Waals surface area contributed by atoms with Crippen molar-refractivity contribution < 1.29 is 24.9 Å². The molecule has 6 heteroatoms. The fraction of sp³-hybridized carbons (Fsp3) is 0.909. The largest absolute Gasteiger partial charge is 0.393 e. The van der Waals surface area contributed by atoms with Crippen LogP contribution in [0.3, 0.4) is 0 Å². The average Bonchev–Trinajstić information content (AvgIpc) is 2.75. The van der Waals surface area contributed by atoms with Crippen LogP contribution in [0.5, 0.6) is 0 Å². The minimum atomic E-state index is -1.17. The van der Waals surface area contributed by atoms with E-state index in [1.165, 1.54) is 0 Å². The smallest absolute Gasteiger partial charge is 0.220 e. The predicted molar refractivity (Wildman–Crippen MR) is 58.2 cm³/mol. The van der Waals surface area contributed by atoms with Crippen LogP contribution in [0.4, 0.5) is 0 Å². The normalized spacial score (nSPS) is 44.7. The molecule has 17 heavy (non-hydrogen) atoms. The highest BCUT2D eigenvalue weighted by Gasteiger charge is 2.57. The molecule has 0 unspecified atom stereocenters. The van der Waals surface area contributed by atoms with Crippen LogP contribution in [0.2, 0.25) is 0 Å². The molecule has 2 aliphatic rings. The van der Waals surface area contributed by atoms with Gasteiger partial charge in [0.25, 0.3) is 0 Å². The molecular formula is C11H19NO5. The molecule has 5 atom stereocenters. The molecule has 2 saturated heterocycles. The lowest BCUT2D eigenvalue weighted by Crippen LogP contribution is -2.65. The van der Waals surface area contributed by atoms with Gasteiger partial charge in [-0.25, -0.2) is 0 Å². The van der Waals surface area contributed by atoms with Gasteiger partial charge in [-0.2, -0.15) is 0 Å². The number of ether oxygens (including phenoxy) is 1. The molecule has 2 fully saturated rings. The first kappa shape index (κ1) is 12.8. The highest BCUT2D eigenvalue weighted by Crippen LogP contribution is 2.41. The number of hydrogen-bond acceptors (Lipinski definition) is 5. The van der Waals surface area contributed by atoms with Crippen LogP contribution in [0.25, 0.3) is 0 Å². The fourth-order valence-corrected chi connectivity index (χ4v) is 2.68. The Morgan fingerprint density at radius 1 is 1.53 bits per heavy atom. The van der Waals surface area contributed by atoms with Crippen LogP contribution in [-0.2, 0) is 9.53 Å². The number of hydrogen-bond donors (Lipinski definition) is 4. The van der Waals surface area contributed by atoms with Crippen LogP contribution < -0.4 is 5.32 Å². The van der Waals surface area contributed by atoms with E-state index >= 15 is 0 Å². The standard InChI is InChI=1S/C11H19NO5/c1-2-7(14)12-8-6-3-4-11(5-13,17-6)10(16)9(8)15/h6,8-10,13,15-16H,2-5H2,1H3,(H,12,14)/t6-,8+,9-,10-,11-/m1/s1. The summed E-state index contributed by atoms with van der Waals surface area (Å²) in [6, 6.07) is -0.598. The van der Waals surface area contributed by atoms with E-state index in [0.29, 0.717) is 19.3 Å². The second kappa shape index (κ2) is 4.53. The summed E-state index contributed by atoms with van der Waals surface area (Å²) in [5.74, 6) is -0.187. The van der Waals surface area contributed by atoms with Crippen molar-refractivity contribution in [3.05, 3.63) is 0 Å². The van der Waals surface area contributed by atoms with Crippen molar-refractivity contribution in [3.63, 3.8) is 0 Å². The predicted octanol–water partition coefficient (Wildman–Crippen LogP) is -1.47. The summed E-state index contributed by atoms with van der Waals surface area (Å²) in [7, 11) is 0. The molecule has 98 valence electrons. The van der Waals surface area contributed by atoms with E-state index in [4.69, 9.17) is 4.74 Å². The maximum Gasteiger partial charge on any atom is 0.220 e. The molecular weight excluding hydrogens is 226 g/mol. The van der Waals surface area contributed by atoms with E-state index in [1.54, 1.807) is 6.92 Å². The number of aliphatic hydroxyl groups is 3. The molecule has 0 spiro atoms. The van der Waals surface area contributed by atoms with Gasteiger partial charge < -0.3 is 25.4 Å². The Morgan fingerprint density at radius 3 is 2.82 bits per heavy atom. The summed E-state index contributed by atoms with van der Waals surface area (Å²) in [4.78, 5) is 11.3. The molecule has 4 N–H and O–H groups in total. The van der Waals surface area contributed by atoms with Crippen LogP contribution in [0.15, 0.2) is 0 Å². The lowest BCUT2D eigenvalue weighted by atomic mass is 9.88. The maximum absolute atomic E-state index is 11.3. The van der Waals surface area contributed by atoms with E-state index in [1.807, 2.05) is 0 Å². The number of nitrogens with one attached hydrogen (secondary N) is 1. The van der Waals surface area contributed by atoms with Gasteiger partial charge in [0, 0.05) is 6.42 Å². The minimum Gasteiger partial charge on any atom is -0.393 e. The molecule has 6 nitrogen and oxygen atoms in total. The fourth-order valence-electron chi connectivity index (χ4n) is 2.68. The van der Waals surface area contributed by atoms with Crippen molar-refractivity contribution in [3.8, 4) is 0 Å². The van der Waals surface area contributed by atoms with Crippen LogP contribution >= 0.6 is 0 Å². The van der Waals surface area contributed by atoms with Crippen LogP contribution in [0.1, 0.15) is 26.2 Å². The molecule has 0 aliphatic carbocycles. The zero-order valence-corrected chi connectivity index (χ0v) is 9.80. The monoisotopic (exact) mass is 245 g/mol. The number of fused-ring (bicyclic) bond motifs is 2. The Hall–Kier alpha value is -0.690. The SMILES string of the molecule is CCC(=O)N[C@@H]1[C@@H](O)[C@@H](O)[C@]2(CO)CC[C@H]1O2. The van der Waals surface area contributed by atoms with Gasteiger partial charge in [0.1, 0.15) is 17.8 Å². The van der Waals surface area contributed by atoms with Crippen molar-refractivity contribution in [1.82, 2.24) is 5.32 Å². The summed E-state index contributed by atoms with van der Waals surface area (Å²) in [5, 5.41) is 31.9. The topological polar surface area (TPSA) is 99.0 Å².